The van der Waals surface area contributed by atoms with E-state index in [2.05, 4.69) is 10.9 Å². The van der Waals surface area contributed by atoms with Gasteiger partial charge >= 0.3 is 0 Å². The number of hydrazine groups is 1. The van der Waals surface area contributed by atoms with Crippen LogP contribution in [0.1, 0.15) is 18.9 Å². The van der Waals surface area contributed by atoms with Crippen molar-refractivity contribution < 1.29 is 23.5 Å². The van der Waals surface area contributed by atoms with Crippen LogP contribution >= 0.6 is 0 Å². The summed E-state index contributed by atoms with van der Waals surface area (Å²) >= 11 is 0. The molecule has 0 aliphatic carbocycles. The second kappa shape index (κ2) is 9.41. The summed E-state index contributed by atoms with van der Waals surface area (Å²) in [6, 6.07) is 12.7. The summed E-state index contributed by atoms with van der Waals surface area (Å²) in [7, 11) is 1.57. The molecule has 26 heavy (non-hydrogen) atoms. The molecule has 0 fully saturated rings. The predicted octanol–water partition coefficient (Wildman–Crippen LogP) is 2.38. The van der Waals surface area contributed by atoms with E-state index in [0.29, 0.717) is 17.9 Å². The molecule has 1 atom stereocenters. The SMILES string of the molecule is COc1ccccc1CCC(=O)NNC(=O)[C@@H](C)Oc1ccc(F)cc1. The first-order valence-electron chi connectivity index (χ1n) is 8.12. The molecule has 0 aromatic heterocycles. The topological polar surface area (TPSA) is 76.7 Å². The van der Waals surface area contributed by atoms with Gasteiger partial charge in [0.25, 0.3) is 5.91 Å². The zero-order valence-corrected chi connectivity index (χ0v) is 14.6. The van der Waals surface area contributed by atoms with E-state index in [9.17, 15) is 14.0 Å². The molecule has 138 valence electrons. The number of ether oxygens (including phenoxy) is 2. The van der Waals surface area contributed by atoms with Gasteiger partial charge in [0.05, 0.1) is 7.11 Å². The second-order valence-corrected chi connectivity index (χ2v) is 5.56. The molecule has 0 saturated heterocycles. The fourth-order valence-corrected chi connectivity index (χ4v) is 2.22. The Labute approximate surface area is 151 Å². The first-order chi connectivity index (χ1) is 12.5. The second-order valence-electron chi connectivity index (χ2n) is 5.56. The van der Waals surface area contributed by atoms with Gasteiger partial charge in [-0.2, -0.15) is 0 Å². The van der Waals surface area contributed by atoms with Gasteiger partial charge in [-0.3, -0.25) is 20.4 Å². The molecule has 0 heterocycles. The zero-order valence-electron chi connectivity index (χ0n) is 14.6. The quantitative estimate of drug-likeness (QED) is 0.744. The molecule has 0 unspecified atom stereocenters. The van der Waals surface area contributed by atoms with E-state index in [1.165, 1.54) is 31.2 Å². The number of amides is 2. The fourth-order valence-electron chi connectivity index (χ4n) is 2.22. The van der Waals surface area contributed by atoms with Crippen LogP contribution in [-0.4, -0.2) is 25.0 Å². The van der Waals surface area contributed by atoms with Crippen LogP contribution in [-0.2, 0) is 16.0 Å². The van der Waals surface area contributed by atoms with Gasteiger partial charge in [0.2, 0.25) is 5.91 Å². The minimum atomic E-state index is -0.852. The van der Waals surface area contributed by atoms with Gasteiger partial charge < -0.3 is 9.47 Å². The number of methoxy groups -OCH3 is 1. The Kier molecular flexibility index (Phi) is 6.96. The summed E-state index contributed by atoms with van der Waals surface area (Å²) in [4.78, 5) is 23.8. The number of aryl methyl sites for hydroxylation is 1. The molecule has 6 nitrogen and oxygen atoms in total. The van der Waals surface area contributed by atoms with E-state index in [1.807, 2.05) is 24.3 Å². The molecule has 2 N–H and O–H groups in total. The van der Waals surface area contributed by atoms with E-state index < -0.39 is 17.8 Å². The maximum absolute atomic E-state index is 12.8. The average molecular weight is 360 g/mol. The molecule has 2 aromatic rings. The van der Waals surface area contributed by atoms with E-state index in [4.69, 9.17) is 9.47 Å². The van der Waals surface area contributed by atoms with Gasteiger partial charge in [0.15, 0.2) is 6.10 Å². The van der Waals surface area contributed by atoms with Crippen molar-refractivity contribution in [3.8, 4) is 11.5 Å². The van der Waals surface area contributed by atoms with Gasteiger partial charge in [-0.25, -0.2) is 4.39 Å². The molecule has 0 bridgehead atoms. The van der Waals surface area contributed by atoms with Crippen LogP contribution in [0.2, 0.25) is 0 Å². The van der Waals surface area contributed by atoms with Crippen molar-refractivity contribution in [1.82, 2.24) is 10.9 Å². The van der Waals surface area contributed by atoms with Crippen LogP contribution in [0.25, 0.3) is 0 Å². The Morgan fingerprint density at radius 1 is 1.08 bits per heavy atom. The number of carbonyl (C=O) groups is 2. The highest BCUT2D eigenvalue weighted by Crippen LogP contribution is 2.18. The standard InChI is InChI=1S/C19H21FN2O4/c1-13(26-16-10-8-15(20)9-11-16)19(24)22-21-18(23)12-7-14-5-3-4-6-17(14)25-2/h3-6,8-11,13H,7,12H2,1-2H3,(H,21,23)(H,22,24)/t13-/m1/s1. The van der Waals surface area contributed by atoms with Crippen molar-refractivity contribution in [3.05, 3.63) is 59.9 Å². The molecular weight excluding hydrogens is 339 g/mol. The van der Waals surface area contributed by atoms with Crippen molar-refractivity contribution in [2.24, 2.45) is 0 Å². The molecule has 0 aliphatic rings. The minimum Gasteiger partial charge on any atom is -0.496 e. The molecular formula is C19H21FN2O4. The van der Waals surface area contributed by atoms with Crippen LogP contribution in [0.15, 0.2) is 48.5 Å². The average Bonchev–Trinajstić information content (AvgIpc) is 2.66. The number of benzene rings is 2. The highest BCUT2D eigenvalue weighted by molar-refractivity contribution is 5.84. The number of hydrogen-bond acceptors (Lipinski definition) is 4. The molecule has 2 aromatic carbocycles. The van der Waals surface area contributed by atoms with Crippen LogP contribution in [0.5, 0.6) is 11.5 Å². The van der Waals surface area contributed by atoms with Gasteiger partial charge in [0.1, 0.15) is 17.3 Å². The van der Waals surface area contributed by atoms with Crippen molar-refractivity contribution in [2.75, 3.05) is 7.11 Å². The third-order valence-corrected chi connectivity index (χ3v) is 3.63. The van der Waals surface area contributed by atoms with Crippen LogP contribution in [0.3, 0.4) is 0 Å². The van der Waals surface area contributed by atoms with Crippen LogP contribution < -0.4 is 20.3 Å². The monoisotopic (exact) mass is 360 g/mol. The predicted molar refractivity (Wildman–Crippen MR) is 94.1 cm³/mol. The Morgan fingerprint density at radius 3 is 2.46 bits per heavy atom. The Balaban J connectivity index is 1.75. The largest absolute Gasteiger partial charge is 0.496 e. The first kappa shape index (κ1) is 19.2. The molecule has 0 spiro atoms. The smallest absolute Gasteiger partial charge is 0.279 e. The molecule has 0 radical (unpaired) electrons. The van der Waals surface area contributed by atoms with Crippen molar-refractivity contribution in [3.63, 3.8) is 0 Å². The van der Waals surface area contributed by atoms with E-state index in [-0.39, 0.29) is 12.3 Å². The summed E-state index contributed by atoms with van der Waals surface area (Å²) in [5, 5.41) is 0. The van der Waals surface area contributed by atoms with Gasteiger partial charge in [-0.05, 0) is 49.2 Å². The molecule has 7 heteroatoms. The number of para-hydroxylation sites is 1. The first-order valence-corrected chi connectivity index (χ1v) is 8.12. The Bertz CT molecular complexity index is 749. The van der Waals surface area contributed by atoms with Crippen LogP contribution in [0.4, 0.5) is 4.39 Å². The summed E-state index contributed by atoms with van der Waals surface area (Å²) in [6.07, 6.45) is -0.184. The molecule has 2 amide bonds. The summed E-state index contributed by atoms with van der Waals surface area (Å²) in [6.45, 7) is 1.53. The molecule has 2 rings (SSSR count). The van der Waals surface area contributed by atoms with Gasteiger partial charge in [-0.1, -0.05) is 18.2 Å². The van der Waals surface area contributed by atoms with Crippen LogP contribution in [0, 0.1) is 5.82 Å². The number of halogens is 1. The fraction of sp³-hybridized carbons (Fsp3) is 0.263. The maximum atomic E-state index is 12.8. The molecule has 0 aliphatic heterocycles. The summed E-state index contributed by atoms with van der Waals surface area (Å²) in [5.74, 6) is -0.169. The summed E-state index contributed by atoms with van der Waals surface area (Å²) < 4.78 is 23.5. The Morgan fingerprint density at radius 2 is 1.77 bits per heavy atom. The summed E-state index contributed by atoms with van der Waals surface area (Å²) in [5.41, 5.74) is 5.56. The molecule has 0 saturated carbocycles. The third kappa shape index (κ3) is 5.77. The highest BCUT2D eigenvalue weighted by Gasteiger charge is 2.15. The number of hydrogen-bond donors (Lipinski definition) is 2. The lowest BCUT2D eigenvalue weighted by Gasteiger charge is -2.15. The van der Waals surface area contributed by atoms with Crippen molar-refractivity contribution in [2.45, 2.75) is 25.9 Å². The van der Waals surface area contributed by atoms with Gasteiger partial charge in [0, 0.05) is 6.42 Å². The maximum Gasteiger partial charge on any atom is 0.279 e. The van der Waals surface area contributed by atoms with Gasteiger partial charge in [-0.15, -0.1) is 0 Å². The lowest BCUT2D eigenvalue weighted by molar-refractivity contribution is -0.132. The number of nitrogens with one attached hydrogen (secondary N) is 2. The zero-order chi connectivity index (χ0) is 18.9. The highest BCUT2D eigenvalue weighted by atomic mass is 19.1. The van der Waals surface area contributed by atoms with E-state index in [1.54, 1.807) is 7.11 Å². The lowest BCUT2D eigenvalue weighted by Crippen LogP contribution is -2.47. The Hall–Kier alpha value is -3.09. The third-order valence-electron chi connectivity index (χ3n) is 3.63. The minimum absolute atomic E-state index is 0.188. The van der Waals surface area contributed by atoms with Crippen molar-refractivity contribution in [1.29, 1.82) is 0 Å². The van der Waals surface area contributed by atoms with Crippen molar-refractivity contribution >= 4 is 11.8 Å². The normalized spacial score (nSPS) is 11.3. The number of carbonyl (C=O) groups excluding carboxylic acids is 2. The van der Waals surface area contributed by atoms with E-state index in [0.717, 1.165) is 5.56 Å². The lowest BCUT2D eigenvalue weighted by atomic mass is 10.1. The van der Waals surface area contributed by atoms with E-state index >= 15 is 0 Å². The number of rotatable bonds is 7.